The van der Waals surface area contributed by atoms with Crippen molar-refractivity contribution in [2.45, 2.75) is 76.6 Å². The van der Waals surface area contributed by atoms with Gasteiger partial charge < -0.3 is 20.4 Å². The number of nitrogens with zero attached hydrogens (tertiary/aromatic N) is 1. The van der Waals surface area contributed by atoms with Crippen LogP contribution in [-0.4, -0.2) is 69.3 Å². The highest BCUT2D eigenvalue weighted by Gasteiger charge is 2.68. The van der Waals surface area contributed by atoms with Crippen LogP contribution in [0.25, 0.3) is 0 Å². The molecule has 6 atom stereocenters. The lowest BCUT2D eigenvalue weighted by Crippen LogP contribution is -2.65. The number of carbonyl (C=O) groups excluding carboxylic acids is 1. The Kier molecular flexibility index (Phi) is 7.43. The third-order valence-electron chi connectivity index (χ3n) is 8.73. The molecule has 4 fully saturated rings. The SMILES string of the molecule is CN(C)S(=O)(=O)C[C@H](N)C(=O)N[C@@H](CCCc1ccccc1)B1O[C@@H]2C[C@@H]3C[C@@H](C3(C)C)[C@]2(C)O1. The predicted octanol–water partition coefficient (Wildman–Crippen LogP) is 1.98. The normalized spacial score (nSPS) is 30.9. The van der Waals surface area contributed by atoms with Gasteiger partial charge in [-0.05, 0) is 61.8 Å². The van der Waals surface area contributed by atoms with Crippen molar-refractivity contribution in [2.24, 2.45) is 23.0 Å². The van der Waals surface area contributed by atoms with Crippen molar-refractivity contribution in [1.29, 1.82) is 0 Å². The van der Waals surface area contributed by atoms with Gasteiger partial charge >= 0.3 is 7.12 Å². The molecule has 2 bridgehead atoms. The second-order valence-corrected chi connectivity index (χ2v) is 13.7. The quantitative estimate of drug-likeness (QED) is 0.471. The van der Waals surface area contributed by atoms with Gasteiger partial charge in [0.25, 0.3) is 0 Å². The van der Waals surface area contributed by atoms with Crippen molar-refractivity contribution in [1.82, 2.24) is 9.62 Å². The molecule has 4 aliphatic rings. The standard InChI is InChI=1S/C25H40BN3O5S/c1-24(2)18-14-20(24)25(3)21(15-18)33-26(34-25)22(13-9-12-17-10-7-6-8-11-17)28-23(30)19(27)16-35(31,32)29(4)5/h6-8,10-11,18-22H,9,12-16,27H2,1-5H3,(H,28,30)/t18-,19-,20-,21+,22-,25-/m0/s1. The topological polar surface area (TPSA) is 111 Å². The lowest BCUT2D eigenvalue weighted by molar-refractivity contribution is -0.199. The molecule has 194 valence electrons. The van der Waals surface area contributed by atoms with Gasteiger partial charge in [-0.2, -0.15) is 0 Å². The van der Waals surface area contributed by atoms with Crippen molar-refractivity contribution in [3.05, 3.63) is 35.9 Å². The van der Waals surface area contributed by atoms with Crippen molar-refractivity contribution >= 4 is 23.0 Å². The van der Waals surface area contributed by atoms with Crippen molar-refractivity contribution in [3.8, 4) is 0 Å². The zero-order valence-electron chi connectivity index (χ0n) is 21.6. The van der Waals surface area contributed by atoms with E-state index in [1.54, 1.807) is 0 Å². The smallest absolute Gasteiger partial charge is 0.404 e. The minimum absolute atomic E-state index is 0.000549. The van der Waals surface area contributed by atoms with E-state index in [1.807, 2.05) is 18.2 Å². The molecular weight excluding hydrogens is 465 g/mol. The van der Waals surface area contributed by atoms with Gasteiger partial charge in [-0.1, -0.05) is 44.2 Å². The first-order chi connectivity index (χ1) is 16.3. The minimum Gasteiger partial charge on any atom is -0.404 e. The molecule has 10 heteroatoms. The monoisotopic (exact) mass is 505 g/mol. The fraction of sp³-hybridized carbons (Fsp3) is 0.720. The maximum Gasteiger partial charge on any atom is 0.481 e. The van der Waals surface area contributed by atoms with Crippen molar-refractivity contribution in [2.75, 3.05) is 19.8 Å². The average Bonchev–Trinajstić information content (AvgIpc) is 3.15. The number of hydrogen-bond acceptors (Lipinski definition) is 6. The number of nitrogens with two attached hydrogens (primary N) is 1. The second kappa shape index (κ2) is 9.78. The molecule has 1 aromatic rings. The summed E-state index contributed by atoms with van der Waals surface area (Å²) in [4.78, 5) is 13.0. The molecule has 3 saturated carbocycles. The van der Waals surface area contributed by atoms with Crippen molar-refractivity contribution in [3.63, 3.8) is 0 Å². The molecule has 35 heavy (non-hydrogen) atoms. The van der Waals surface area contributed by atoms with Gasteiger partial charge in [0.05, 0.1) is 29.4 Å². The second-order valence-electron chi connectivity index (χ2n) is 11.5. The lowest BCUT2D eigenvalue weighted by atomic mass is 9.43. The minimum atomic E-state index is -3.61. The molecular formula is C25H40BN3O5S. The van der Waals surface area contributed by atoms with Crippen LogP contribution in [0.5, 0.6) is 0 Å². The van der Waals surface area contributed by atoms with Crippen molar-refractivity contribution < 1.29 is 22.5 Å². The van der Waals surface area contributed by atoms with Crippen LogP contribution in [0.1, 0.15) is 52.0 Å². The highest BCUT2D eigenvalue weighted by molar-refractivity contribution is 7.89. The van der Waals surface area contributed by atoms with E-state index in [4.69, 9.17) is 15.0 Å². The van der Waals surface area contributed by atoms with Gasteiger partial charge in [0, 0.05) is 14.1 Å². The Bertz CT molecular complexity index is 1020. The highest BCUT2D eigenvalue weighted by atomic mass is 32.2. The fourth-order valence-electron chi connectivity index (χ4n) is 6.26. The van der Waals surface area contributed by atoms with Crippen LogP contribution in [0, 0.1) is 17.3 Å². The van der Waals surface area contributed by atoms with Gasteiger partial charge in [-0.15, -0.1) is 0 Å². The first kappa shape index (κ1) is 26.6. The van der Waals surface area contributed by atoms with Crippen LogP contribution in [0.2, 0.25) is 0 Å². The van der Waals surface area contributed by atoms with E-state index < -0.39 is 40.8 Å². The van der Waals surface area contributed by atoms with E-state index in [-0.39, 0.29) is 17.1 Å². The molecule has 1 saturated heterocycles. The summed E-state index contributed by atoms with van der Waals surface area (Å²) in [5.41, 5.74) is 7.07. The van der Waals surface area contributed by atoms with Crippen LogP contribution >= 0.6 is 0 Å². The van der Waals surface area contributed by atoms with E-state index in [9.17, 15) is 13.2 Å². The van der Waals surface area contributed by atoms with E-state index in [1.165, 1.54) is 19.7 Å². The summed E-state index contributed by atoms with van der Waals surface area (Å²) >= 11 is 0. The molecule has 0 radical (unpaired) electrons. The zero-order chi connectivity index (χ0) is 25.6. The summed E-state index contributed by atoms with van der Waals surface area (Å²) in [6.07, 6.45) is 4.43. The number of hydrogen-bond donors (Lipinski definition) is 2. The molecule has 1 heterocycles. The largest absolute Gasteiger partial charge is 0.481 e. The number of carbonyl (C=O) groups is 1. The van der Waals surface area contributed by atoms with Crippen LogP contribution in [0.4, 0.5) is 0 Å². The predicted molar refractivity (Wildman–Crippen MR) is 137 cm³/mol. The number of benzene rings is 1. The summed E-state index contributed by atoms with van der Waals surface area (Å²) in [6, 6.07) is 9.02. The molecule has 0 spiro atoms. The first-order valence-electron chi connectivity index (χ1n) is 12.7. The molecule has 8 nitrogen and oxygen atoms in total. The molecule has 1 aliphatic heterocycles. The van der Waals surface area contributed by atoms with Crippen LogP contribution in [-0.2, 0) is 30.5 Å². The first-order valence-corrected chi connectivity index (χ1v) is 14.3. The molecule has 3 aliphatic carbocycles. The average molecular weight is 505 g/mol. The Labute approximate surface area is 210 Å². The summed E-state index contributed by atoms with van der Waals surface area (Å²) < 4.78 is 38.6. The van der Waals surface area contributed by atoms with Gasteiger partial charge in [0.15, 0.2) is 0 Å². The third kappa shape index (κ3) is 5.18. The van der Waals surface area contributed by atoms with Crippen LogP contribution < -0.4 is 11.1 Å². The summed E-state index contributed by atoms with van der Waals surface area (Å²) in [6.45, 7) is 6.78. The zero-order valence-corrected chi connectivity index (χ0v) is 22.4. The summed E-state index contributed by atoms with van der Waals surface area (Å²) in [7, 11) is -1.33. The Morgan fingerprint density at radius 3 is 2.54 bits per heavy atom. The van der Waals surface area contributed by atoms with E-state index in [0.717, 1.165) is 30.0 Å². The lowest BCUT2D eigenvalue weighted by Gasteiger charge is -2.64. The molecule has 1 aromatic carbocycles. The van der Waals surface area contributed by atoms with Gasteiger partial charge in [0.2, 0.25) is 15.9 Å². The Morgan fingerprint density at radius 1 is 1.23 bits per heavy atom. The van der Waals surface area contributed by atoms with Gasteiger partial charge in [0.1, 0.15) is 0 Å². The molecule has 1 amide bonds. The number of sulfonamides is 1. The number of nitrogens with one attached hydrogen (secondary N) is 1. The highest BCUT2D eigenvalue weighted by Crippen LogP contribution is 2.65. The number of aryl methyl sites for hydroxylation is 1. The molecule has 3 N–H and O–H groups in total. The molecule has 5 rings (SSSR count). The number of rotatable bonds is 10. The van der Waals surface area contributed by atoms with Crippen LogP contribution in [0.3, 0.4) is 0 Å². The Morgan fingerprint density at radius 2 is 1.91 bits per heavy atom. The van der Waals surface area contributed by atoms with E-state index in [2.05, 4.69) is 38.2 Å². The molecule has 0 aromatic heterocycles. The number of amides is 1. The maximum absolute atomic E-state index is 13.0. The summed E-state index contributed by atoms with van der Waals surface area (Å²) in [5.74, 6) is -0.326. The van der Waals surface area contributed by atoms with E-state index in [0.29, 0.717) is 18.3 Å². The Hall–Kier alpha value is -1.46. The van der Waals surface area contributed by atoms with Gasteiger partial charge in [-0.3, -0.25) is 4.79 Å². The Balaban J connectivity index is 1.46. The van der Waals surface area contributed by atoms with Gasteiger partial charge in [-0.25, -0.2) is 12.7 Å². The van der Waals surface area contributed by atoms with E-state index >= 15 is 0 Å². The third-order valence-corrected chi connectivity index (χ3v) is 10.6. The molecule has 0 unspecified atom stereocenters. The van der Waals surface area contributed by atoms with Crippen LogP contribution in [0.15, 0.2) is 30.3 Å². The maximum atomic E-state index is 13.0. The fourth-order valence-corrected chi connectivity index (χ4v) is 7.16. The summed E-state index contributed by atoms with van der Waals surface area (Å²) in [5, 5.41) is 2.99.